The number of aryl methyl sites for hydroxylation is 1. The molecule has 2 aromatic carbocycles. The van der Waals surface area contributed by atoms with E-state index in [1.807, 2.05) is 30.5 Å². The van der Waals surface area contributed by atoms with Gasteiger partial charge < -0.3 is 25.3 Å². The number of hydrogen-bond donors (Lipinski definition) is 2. The summed E-state index contributed by atoms with van der Waals surface area (Å²) in [6.07, 6.45) is 7.21. The highest BCUT2D eigenvalue weighted by molar-refractivity contribution is 6.02. The fraction of sp³-hybridized carbons (Fsp3) is 0.444. The number of primary amides is 1. The summed E-state index contributed by atoms with van der Waals surface area (Å²) in [5, 5.41) is 1.03. The van der Waals surface area contributed by atoms with Gasteiger partial charge in [0.15, 0.2) is 0 Å². The summed E-state index contributed by atoms with van der Waals surface area (Å²) < 4.78 is 6.05. The first-order valence-electron chi connectivity index (χ1n) is 12.6. The number of anilines is 2. The number of aromatic amines is 1. The highest BCUT2D eigenvalue weighted by Crippen LogP contribution is 2.36. The lowest BCUT2D eigenvalue weighted by molar-refractivity contribution is 0.253. The van der Waals surface area contributed by atoms with Gasteiger partial charge in [-0.25, -0.2) is 4.79 Å². The second-order valence-electron chi connectivity index (χ2n) is 9.32. The maximum Gasteiger partial charge on any atom is 0.319 e. The van der Waals surface area contributed by atoms with E-state index >= 15 is 0 Å². The molecule has 2 aliphatic rings. The Balaban J connectivity index is 1.13. The molecule has 5 rings (SSSR count). The molecule has 2 amide bonds. The van der Waals surface area contributed by atoms with E-state index < -0.39 is 6.03 Å². The van der Waals surface area contributed by atoms with Crippen LogP contribution in [0.15, 0.2) is 48.7 Å². The number of nitrogens with two attached hydrogens (primary N) is 1. The van der Waals surface area contributed by atoms with Crippen molar-refractivity contribution in [1.29, 1.82) is 0 Å². The number of amides is 2. The number of unbranched alkanes of at least 4 members (excludes halogenated alkanes) is 1. The van der Waals surface area contributed by atoms with Gasteiger partial charge in [-0.1, -0.05) is 30.3 Å². The predicted octanol–water partition coefficient (Wildman–Crippen LogP) is 4.37. The van der Waals surface area contributed by atoms with Crippen molar-refractivity contribution in [1.82, 2.24) is 9.88 Å². The summed E-state index contributed by atoms with van der Waals surface area (Å²) in [4.78, 5) is 22.1. The van der Waals surface area contributed by atoms with Gasteiger partial charge in [-0.05, 0) is 62.9 Å². The molecule has 0 saturated carbocycles. The SMILES string of the molecule is NC(=O)N(CCCCN1CCCN(c2cccc3c2OCCC3)CC1)c1c[nH]c2ccccc12. The molecule has 7 heteroatoms. The molecule has 34 heavy (non-hydrogen) atoms. The van der Waals surface area contributed by atoms with Crippen molar-refractivity contribution >= 4 is 28.3 Å². The summed E-state index contributed by atoms with van der Waals surface area (Å²) in [6, 6.07) is 14.2. The van der Waals surface area contributed by atoms with E-state index in [-0.39, 0.29) is 0 Å². The Kier molecular flexibility index (Phi) is 6.90. The molecule has 0 atom stereocenters. The molecule has 7 nitrogen and oxygen atoms in total. The molecule has 1 saturated heterocycles. The standard InChI is InChI=1S/C27H35N5O2/c28-27(33)32(25-20-29-23-11-2-1-10-22(23)25)16-4-3-13-30-14-7-15-31(18-17-30)24-12-5-8-21-9-6-19-34-26(21)24/h1-2,5,8,10-12,20,29H,3-4,6-7,9,13-19H2,(H2,28,33). The normalized spacial score (nSPS) is 16.6. The van der Waals surface area contributed by atoms with Gasteiger partial charge in [0.1, 0.15) is 5.75 Å². The van der Waals surface area contributed by atoms with Gasteiger partial charge in [-0.2, -0.15) is 0 Å². The van der Waals surface area contributed by atoms with Crippen molar-refractivity contribution in [3.63, 3.8) is 0 Å². The number of ether oxygens (including phenoxy) is 1. The summed E-state index contributed by atoms with van der Waals surface area (Å²) >= 11 is 0. The van der Waals surface area contributed by atoms with Crippen molar-refractivity contribution in [2.45, 2.75) is 32.1 Å². The second-order valence-corrected chi connectivity index (χ2v) is 9.32. The van der Waals surface area contributed by atoms with E-state index in [2.05, 4.69) is 33.0 Å². The number of carbonyl (C=O) groups is 1. The van der Waals surface area contributed by atoms with Crippen LogP contribution in [-0.2, 0) is 6.42 Å². The maximum atomic E-state index is 12.2. The van der Waals surface area contributed by atoms with Gasteiger partial charge in [-0.3, -0.25) is 4.90 Å². The number of para-hydroxylation sites is 2. The van der Waals surface area contributed by atoms with Crippen LogP contribution in [0.25, 0.3) is 10.9 Å². The van der Waals surface area contributed by atoms with Crippen molar-refractivity contribution in [3.05, 3.63) is 54.2 Å². The smallest absolute Gasteiger partial charge is 0.319 e. The third kappa shape index (κ3) is 4.85. The van der Waals surface area contributed by atoms with E-state index in [1.165, 1.54) is 11.3 Å². The molecule has 2 aliphatic heterocycles. The van der Waals surface area contributed by atoms with Crippen LogP contribution in [0.1, 0.15) is 31.2 Å². The van der Waals surface area contributed by atoms with Crippen LogP contribution in [-0.4, -0.2) is 61.8 Å². The average Bonchev–Trinajstić information content (AvgIpc) is 3.14. The highest BCUT2D eigenvalue weighted by atomic mass is 16.5. The maximum absolute atomic E-state index is 12.2. The number of hydrogen-bond acceptors (Lipinski definition) is 4. The number of aromatic nitrogens is 1. The van der Waals surface area contributed by atoms with E-state index in [1.54, 1.807) is 4.90 Å². The quantitative estimate of drug-likeness (QED) is 0.512. The lowest BCUT2D eigenvalue weighted by Gasteiger charge is -2.28. The monoisotopic (exact) mass is 461 g/mol. The van der Waals surface area contributed by atoms with Gasteiger partial charge in [0.05, 0.1) is 18.0 Å². The zero-order valence-corrected chi connectivity index (χ0v) is 19.8. The second kappa shape index (κ2) is 10.4. The number of H-pyrrole nitrogens is 1. The van der Waals surface area contributed by atoms with Crippen LogP contribution in [0.3, 0.4) is 0 Å². The fourth-order valence-electron chi connectivity index (χ4n) is 5.29. The first kappa shape index (κ1) is 22.6. The van der Waals surface area contributed by atoms with Gasteiger partial charge >= 0.3 is 6.03 Å². The molecule has 3 heterocycles. The zero-order chi connectivity index (χ0) is 23.3. The van der Waals surface area contributed by atoms with Gasteiger partial charge in [0.2, 0.25) is 0 Å². The molecule has 0 unspecified atom stereocenters. The van der Waals surface area contributed by atoms with Crippen molar-refractivity contribution in [2.24, 2.45) is 5.73 Å². The molecule has 0 radical (unpaired) electrons. The van der Waals surface area contributed by atoms with E-state index in [0.717, 1.165) is 93.8 Å². The van der Waals surface area contributed by atoms with Gasteiger partial charge in [0.25, 0.3) is 0 Å². The molecular formula is C27H35N5O2. The Hall–Kier alpha value is -3.19. The number of nitrogens with zero attached hydrogens (tertiary/aromatic N) is 3. The van der Waals surface area contributed by atoms with Crippen LogP contribution >= 0.6 is 0 Å². The van der Waals surface area contributed by atoms with Crippen molar-refractivity contribution in [2.75, 3.05) is 55.7 Å². The minimum Gasteiger partial charge on any atom is -0.491 e. The van der Waals surface area contributed by atoms with Crippen LogP contribution in [0.4, 0.5) is 16.2 Å². The summed E-state index contributed by atoms with van der Waals surface area (Å²) in [5.74, 6) is 1.10. The lowest BCUT2D eigenvalue weighted by atomic mass is 10.0. The van der Waals surface area contributed by atoms with Gasteiger partial charge in [-0.15, -0.1) is 0 Å². The Bertz CT molecular complexity index is 1130. The zero-order valence-electron chi connectivity index (χ0n) is 19.8. The largest absolute Gasteiger partial charge is 0.491 e. The van der Waals surface area contributed by atoms with Crippen LogP contribution in [0.2, 0.25) is 0 Å². The fourth-order valence-corrected chi connectivity index (χ4v) is 5.29. The van der Waals surface area contributed by atoms with E-state index in [9.17, 15) is 4.79 Å². The summed E-state index contributed by atoms with van der Waals surface area (Å²) in [5.41, 5.74) is 10.2. The Morgan fingerprint density at radius 3 is 2.85 bits per heavy atom. The predicted molar refractivity (Wildman–Crippen MR) is 138 cm³/mol. The van der Waals surface area contributed by atoms with Crippen LogP contribution < -0.4 is 20.3 Å². The molecule has 3 aromatic rings. The molecule has 1 fully saturated rings. The summed E-state index contributed by atoms with van der Waals surface area (Å²) in [7, 11) is 0. The first-order chi connectivity index (χ1) is 16.7. The van der Waals surface area contributed by atoms with Gasteiger partial charge in [0, 0.05) is 43.3 Å². The third-order valence-corrected chi connectivity index (χ3v) is 7.07. The number of rotatable bonds is 7. The number of fused-ring (bicyclic) bond motifs is 2. The Morgan fingerprint density at radius 1 is 1.03 bits per heavy atom. The van der Waals surface area contributed by atoms with Crippen LogP contribution in [0.5, 0.6) is 5.75 Å². The summed E-state index contributed by atoms with van der Waals surface area (Å²) in [6.45, 7) is 6.72. The lowest BCUT2D eigenvalue weighted by Crippen LogP contribution is -2.37. The molecule has 0 spiro atoms. The molecule has 0 bridgehead atoms. The molecule has 0 aliphatic carbocycles. The molecular weight excluding hydrogens is 426 g/mol. The minimum absolute atomic E-state index is 0.399. The Morgan fingerprint density at radius 2 is 1.94 bits per heavy atom. The first-order valence-corrected chi connectivity index (χ1v) is 12.6. The molecule has 3 N–H and O–H groups in total. The van der Waals surface area contributed by atoms with Crippen molar-refractivity contribution < 1.29 is 9.53 Å². The average molecular weight is 462 g/mol. The van der Waals surface area contributed by atoms with E-state index in [4.69, 9.17) is 10.5 Å². The number of carbonyl (C=O) groups excluding carboxylic acids is 1. The minimum atomic E-state index is -0.399. The topological polar surface area (TPSA) is 77.8 Å². The number of benzene rings is 2. The van der Waals surface area contributed by atoms with E-state index in [0.29, 0.717) is 6.54 Å². The number of nitrogens with one attached hydrogen (secondary N) is 1. The molecule has 1 aromatic heterocycles. The number of urea groups is 1. The van der Waals surface area contributed by atoms with Crippen molar-refractivity contribution in [3.8, 4) is 5.75 Å². The highest BCUT2D eigenvalue weighted by Gasteiger charge is 2.22. The molecule has 180 valence electrons. The van der Waals surface area contributed by atoms with Crippen LogP contribution in [0, 0.1) is 0 Å². The third-order valence-electron chi connectivity index (χ3n) is 7.07. The Labute approximate surface area is 201 Å².